The summed E-state index contributed by atoms with van der Waals surface area (Å²) < 4.78 is 5.67. The first kappa shape index (κ1) is 12.4. The number of hydrogen-bond acceptors (Lipinski definition) is 3. The van der Waals surface area contributed by atoms with Crippen molar-refractivity contribution in [3.05, 3.63) is 29.3 Å². The average Bonchev–Trinajstić information content (AvgIpc) is 2.15. The molecule has 0 bridgehead atoms. The minimum absolute atomic E-state index is 0.0880. The number of benzene rings is 1. The first-order chi connectivity index (χ1) is 7.33. The third kappa shape index (κ3) is 3.20. The van der Waals surface area contributed by atoms with Crippen LogP contribution in [0.5, 0.6) is 5.75 Å². The van der Waals surface area contributed by atoms with Gasteiger partial charge in [0.25, 0.3) is 0 Å². The molecule has 86 valence electrons. The van der Waals surface area contributed by atoms with E-state index >= 15 is 0 Å². The zero-order chi connectivity index (χ0) is 12.3. The molecule has 4 nitrogen and oxygen atoms in total. The Morgan fingerprint density at radius 2 is 2.00 bits per heavy atom. The Morgan fingerprint density at radius 1 is 1.38 bits per heavy atom. The fourth-order valence-corrected chi connectivity index (χ4v) is 2.04. The molecule has 0 amide bonds. The highest BCUT2D eigenvalue weighted by Gasteiger charge is 2.18. The molecule has 0 spiro atoms. The molecule has 0 aliphatic rings. The third-order valence-corrected chi connectivity index (χ3v) is 2.63. The van der Waals surface area contributed by atoms with Crippen molar-refractivity contribution in [3.63, 3.8) is 0 Å². The van der Waals surface area contributed by atoms with E-state index in [9.17, 15) is 9.59 Å². The summed E-state index contributed by atoms with van der Waals surface area (Å²) >= 11 is 0. The van der Waals surface area contributed by atoms with Gasteiger partial charge in [-0.25, -0.2) is 4.79 Å². The summed E-state index contributed by atoms with van der Waals surface area (Å²) in [6.07, 6.45) is 0.613. The van der Waals surface area contributed by atoms with Crippen molar-refractivity contribution in [1.82, 2.24) is 0 Å². The number of rotatable bonds is 4. The zero-order valence-electron chi connectivity index (χ0n) is 9.48. The van der Waals surface area contributed by atoms with Crippen LogP contribution < -0.4 is 4.43 Å². The first-order valence-electron chi connectivity index (χ1n) is 4.85. The molecule has 0 heterocycles. The predicted octanol–water partition coefficient (Wildman–Crippen LogP) is 2.41. The van der Waals surface area contributed by atoms with Gasteiger partial charge in [-0.3, -0.25) is 4.79 Å². The average molecular weight is 238 g/mol. The van der Waals surface area contributed by atoms with E-state index in [1.165, 1.54) is 18.2 Å². The Morgan fingerprint density at radius 3 is 2.44 bits per heavy atom. The zero-order valence-corrected chi connectivity index (χ0v) is 10.5. The molecule has 0 aliphatic heterocycles. The van der Waals surface area contributed by atoms with Gasteiger partial charge < -0.3 is 9.53 Å². The molecule has 0 aromatic heterocycles. The Labute approximate surface area is 95.0 Å². The minimum atomic E-state index is -1.80. The van der Waals surface area contributed by atoms with Crippen LogP contribution in [0, 0.1) is 0 Å². The van der Waals surface area contributed by atoms with Crippen LogP contribution in [-0.2, 0) is 0 Å². The number of hydrogen-bond donors (Lipinski definition) is 1. The van der Waals surface area contributed by atoms with E-state index in [4.69, 9.17) is 9.53 Å². The lowest BCUT2D eigenvalue weighted by Gasteiger charge is -2.20. The molecule has 1 aromatic rings. The van der Waals surface area contributed by atoms with Crippen molar-refractivity contribution in [3.8, 4) is 5.75 Å². The van der Waals surface area contributed by atoms with Crippen molar-refractivity contribution in [2.75, 3.05) is 0 Å². The number of carboxylic acid groups (broad SMARTS) is 1. The lowest BCUT2D eigenvalue weighted by molar-refractivity contribution is 0.0697. The van der Waals surface area contributed by atoms with E-state index in [1.54, 1.807) is 0 Å². The maximum absolute atomic E-state index is 10.8. The highest BCUT2D eigenvalue weighted by molar-refractivity contribution is 6.70. The Bertz CT molecular complexity index is 420. The summed E-state index contributed by atoms with van der Waals surface area (Å²) in [7, 11) is -1.80. The van der Waals surface area contributed by atoms with Gasteiger partial charge in [0.05, 0.1) is 11.1 Å². The second kappa shape index (κ2) is 4.48. The Hall–Kier alpha value is -1.62. The Kier molecular flexibility index (Phi) is 3.49. The summed E-state index contributed by atoms with van der Waals surface area (Å²) in [5.41, 5.74) is 0.368. The van der Waals surface area contributed by atoms with Crippen LogP contribution in [0.1, 0.15) is 20.7 Å². The van der Waals surface area contributed by atoms with E-state index in [1.807, 2.05) is 19.6 Å². The number of aldehydes is 1. The fourth-order valence-electron chi connectivity index (χ4n) is 1.20. The molecule has 1 aromatic carbocycles. The molecule has 0 saturated heterocycles. The van der Waals surface area contributed by atoms with Gasteiger partial charge in [-0.05, 0) is 37.8 Å². The SMILES string of the molecule is C[Si](C)(C)Oc1ccc(C(=O)O)cc1C=O. The molecule has 1 rings (SSSR count). The third-order valence-electron chi connectivity index (χ3n) is 1.80. The van der Waals surface area contributed by atoms with Gasteiger partial charge in [0, 0.05) is 0 Å². The molecule has 0 saturated carbocycles. The van der Waals surface area contributed by atoms with Gasteiger partial charge in [-0.15, -0.1) is 0 Å². The van der Waals surface area contributed by atoms with E-state index in [-0.39, 0.29) is 11.1 Å². The molecule has 0 fully saturated rings. The van der Waals surface area contributed by atoms with E-state index in [0.717, 1.165) is 0 Å². The lowest BCUT2D eigenvalue weighted by Crippen LogP contribution is -2.29. The maximum Gasteiger partial charge on any atom is 0.335 e. The van der Waals surface area contributed by atoms with Crippen LogP contribution in [0.2, 0.25) is 19.6 Å². The van der Waals surface area contributed by atoms with Gasteiger partial charge in [-0.2, -0.15) is 0 Å². The minimum Gasteiger partial charge on any atom is -0.544 e. The van der Waals surface area contributed by atoms with E-state index in [0.29, 0.717) is 12.0 Å². The molecule has 0 unspecified atom stereocenters. The smallest absolute Gasteiger partial charge is 0.335 e. The molecular formula is C11H14O4Si. The normalized spacial score (nSPS) is 10.9. The largest absolute Gasteiger partial charge is 0.544 e. The molecule has 0 atom stereocenters. The van der Waals surface area contributed by atoms with Crippen molar-refractivity contribution < 1.29 is 19.1 Å². The number of carbonyl (C=O) groups excluding carboxylic acids is 1. The number of aromatic carboxylic acids is 1. The molecule has 16 heavy (non-hydrogen) atoms. The highest BCUT2D eigenvalue weighted by Crippen LogP contribution is 2.22. The maximum atomic E-state index is 10.8. The van der Waals surface area contributed by atoms with Gasteiger partial charge in [-0.1, -0.05) is 0 Å². The molecule has 0 radical (unpaired) electrons. The summed E-state index contributed by atoms with van der Waals surface area (Å²) in [5.74, 6) is -0.596. The van der Waals surface area contributed by atoms with Crippen LogP contribution >= 0.6 is 0 Å². The lowest BCUT2D eigenvalue weighted by atomic mass is 10.1. The van der Waals surface area contributed by atoms with Gasteiger partial charge in [0.2, 0.25) is 8.32 Å². The van der Waals surface area contributed by atoms with Crippen LogP contribution in [0.15, 0.2) is 18.2 Å². The molecule has 1 N–H and O–H groups in total. The van der Waals surface area contributed by atoms with Crippen molar-refractivity contribution in [1.29, 1.82) is 0 Å². The predicted molar refractivity (Wildman–Crippen MR) is 62.8 cm³/mol. The Balaban J connectivity index is 3.12. The van der Waals surface area contributed by atoms with Gasteiger partial charge in [0.1, 0.15) is 5.75 Å². The quantitative estimate of drug-likeness (QED) is 0.646. The standard InChI is InChI=1S/C11H14O4Si/c1-16(2,3)15-10-5-4-8(11(13)14)6-9(10)7-12/h4-7H,1-3H3,(H,13,14). The van der Waals surface area contributed by atoms with E-state index in [2.05, 4.69) is 0 Å². The van der Waals surface area contributed by atoms with Crippen molar-refractivity contribution in [2.45, 2.75) is 19.6 Å². The van der Waals surface area contributed by atoms with Crippen LogP contribution in [0.3, 0.4) is 0 Å². The first-order valence-corrected chi connectivity index (χ1v) is 8.26. The van der Waals surface area contributed by atoms with Gasteiger partial charge >= 0.3 is 5.97 Å². The van der Waals surface area contributed by atoms with Crippen molar-refractivity contribution in [2.24, 2.45) is 0 Å². The summed E-state index contributed by atoms with van der Waals surface area (Å²) in [5, 5.41) is 8.78. The van der Waals surface area contributed by atoms with Crippen molar-refractivity contribution >= 4 is 20.6 Å². The second-order valence-electron chi connectivity index (χ2n) is 4.39. The van der Waals surface area contributed by atoms with E-state index < -0.39 is 14.3 Å². The summed E-state index contributed by atoms with van der Waals surface area (Å²) in [6, 6.07) is 4.29. The summed E-state index contributed by atoms with van der Waals surface area (Å²) in [4.78, 5) is 21.5. The summed E-state index contributed by atoms with van der Waals surface area (Å²) in [6.45, 7) is 5.98. The van der Waals surface area contributed by atoms with Gasteiger partial charge in [0.15, 0.2) is 6.29 Å². The van der Waals surface area contributed by atoms with Crippen LogP contribution in [0.25, 0.3) is 0 Å². The molecule has 5 heteroatoms. The number of carbonyl (C=O) groups is 2. The van der Waals surface area contributed by atoms with Crippen LogP contribution in [0.4, 0.5) is 0 Å². The topological polar surface area (TPSA) is 63.6 Å². The fraction of sp³-hybridized carbons (Fsp3) is 0.273. The molecular weight excluding hydrogens is 224 g/mol. The van der Waals surface area contributed by atoms with Crippen LogP contribution in [-0.4, -0.2) is 25.7 Å². The monoisotopic (exact) mass is 238 g/mol. The highest BCUT2D eigenvalue weighted by atomic mass is 28.4. The second-order valence-corrected chi connectivity index (χ2v) is 8.82. The number of carboxylic acids is 1. The molecule has 0 aliphatic carbocycles.